The Labute approximate surface area is 199 Å². The van der Waals surface area contributed by atoms with E-state index in [1.807, 2.05) is 56.0 Å². The third-order valence-electron chi connectivity index (χ3n) is 5.06. The monoisotopic (exact) mass is 529 g/mol. The molecule has 2 aromatic heterocycles. The minimum absolute atomic E-state index is 0. The van der Waals surface area contributed by atoms with Crippen molar-refractivity contribution in [1.29, 1.82) is 0 Å². The first-order chi connectivity index (χ1) is 14.7. The van der Waals surface area contributed by atoms with Crippen molar-refractivity contribution in [2.24, 2.45) is 4.99 Å². The number of H-pyrrole nitrogens is 1. The smallest absolute Gasteiger partial charge is 0.193 e. The fourth-order valence-electron chi connectivity index (χ4n) is 3.53. The molecule has 4 rings (SSSR count). The van der Waals surface area contributed by atoms with E-state index < -0.39 is 0 Å². The number of para-hydroxylation sites is 2. The predicted octanol–water partition coefficient (Wildman–Crippen LogP) is 4.14. The lowest BCUT2D eigenvalue weighted by Gasteiger charge is -2.21. The summed E-state index contributed by atoms with van der Waals surface area (Å²) in [6.45, 7) is 2.39. The number of aromatic nitrogens is 4. The summed E-state index contributed by atoms with van der Waals surface area (Å²) in [6, 6.07) is 18.4. The average Bonchev–Trinajstić information content (AvgIpc) is 3.41. The predicted molar refractivity (Wildman–Crippen MR) is 137 cm³/mol. The van der Waals surface area contributed by atoms with Gasteiger partial charge in [0, 0.05) is 27.2 Å². The van der Waals surface area contributed by atoms with Gasteiger partial charge in [-0.25, -0.2) is 9.97 Å². The molecule has 0 unspecified atom stereocenters. The lowest BCUT2D eigenvalue weighted by Crippen LogP contribution is -2.39. The standard InChI is InChI=1S/C23H27N7.HI/c1-24-23(25-13-8-14-30-17-27-19-11-6-7-12-21(19)30)29(2)16-22-26-15-20(28-22)18-9-4-3-5-10-18;/h3-7,9-12,15,17H,8,13-14,16H2,1-2H3,(H,24,25)(H,26,28);1H. The second-order valence-electron chi connectivity index (χ2n) is 7.22. The van der Waals surface area contributed by atoms with Crippen LogP contribution in [0.4, 0.5) is 0 Å². The Bertz CT molecular complexity index is 1120. The topological polar surface area (TPSA) is 74.1 Å². The largest absolute Gasteiger partial charge is 0.356 e. The number of benzene rings is 2. The van der Waals surface area contributed by atoms with Crippen LogP contribution in [0.1, 0.15) is 12.2 Å². The van der Waals surface area contributed by atoms with Crippen LogP contribution >= 0.6 is 24.0 Å². The van der Waals surface area contributed by atoms with E-state index in [4.69, 9.17) is 0 Å². The van der Waals surface area contributed by atoms with E-state index in [1.165, 1.54) is 5.52 Å². The normalized spacial score (nSPS) is 11.4. The Morgan fingerprint density at radius 3 is 2.68 bits per heavy atom. The van der Waals surface area contributed by atoms with Crippen LogP contribution in [0.5, 0.6) is 0 Å². The molecule has 4 aromatic rings. The summed E-state index contributed by atoms with van der Waals surface area (Å²) in [5.74, 6) is 1.76. The van der Waals surface area contributed by atoms with Crippen LogP contribution in [0.15, 0.2) is 72.1 Å². The number of nitrogens with zero attached hydrogens (tertiary/aromatic N) is 5. The molecular formula is C23H28IN7. The molecular weight excluding hydrogens is 501 g/mol. The highest BCUT2D eigenvalue weighted by atomic mass is 127. The fourth-order valence-corrected chi connectivity index (χ4v) is 3.53. The van der Waals surface area contributed by atoms with Crippen LogP contribution in [0.3, 0.4) is 0 Å². The molecule has 0 bridgehead atoms. The van der Waals surface area contributed by atoms with Gasteiger partial charge in [-0.15, -0.1) is 24.0 Å². The van der Waals surface area contributed by atoms with Gasteiger partial charge in [0.1, 0.15) is 5.82 Å². The van der Waals surface area contributed by atoms with Crippen molar-refractivity contribution >= 4 is 41.0 Å². The molecule has 31 heavy (non-hydrogen) atoms. The molecule has 0 amide bonds. The Balaban J connectivity index is 0.00000272. The van der Waals surface area contributed by atoms with Crippen molar-refractivity contribution in [2.75, 3.05) is 20.6 Å². The van der Waals surface area contributed by atoms with Crippen molar-refractivity contribution < 1.29 is 0 Å². The second-order valence-corrected chi connectivity index (χ2v) is 7.22. The highest BCUT2D eigenvalue weighted by Crippen LogP contribution is 2.16. The molecule has 0 fully saturated rings. The van der Waals surface area contributed by atoms with Crippen molar-refractivity contribution in [3.63, 3.8) is 0 Å². The Morgan fingerprint density at radius 1 is 1.10 bits per heavy atom. The number of rotatable bonds is 7. The maximum atomic E-state index is 4.52. The highest BCUT2D eigenvalue weighted by molar-refractivity contribution is 14.0. The minimum atomic E-state index is 0. The molecule has 2 N–H and O–H groups in total. The molecule has 8 heteroatoms. The molecule has 7 nitrogen and oxygen atoms in total. The Morgan fingerprint density at radius 2 is 1.87 bits per heavy atom. The number of hydrogen-bond acceptors (Lipinski definition) is 3. The number of hydrogen-bond donors (Lipinski definition) is 2. The van der Waals surface area contributed by atoms with Crippen molar-refractivity contribution in [3.05, 3.63) is 72.9 Å². The van der Waals surface area contributed by atoms with E-state index in [0.717, 1.165) is 48.1 Å². The molecule has 2 heterocycles. The van der Waals surface area contributed by atoms with Gasteiger partial charge >= 0.3 is 0 Å². The van der Waals surface area contributed by atoms with Gasteiger partial charge in [-0.1, -0.05) is 42.5 Å². The lowest BCUT2D eigenvalue weighted by molar-refractivity contribution is 0.461. The number of imidazole rings is 2. The summed E-state index contributed by atoms with van der Waals surface area (Å²) in [6.07, 6.45) is 4.77. The fraction of sp³-hybridized carbons (Fsp3) is 0.261. The van der Waals surface area contributed by atoms with E-state index in [9.17, 15) is 0 Å². The van der Waals surface area contributed by atoms with E-state index in [2.05, 4.69) is 52.9 Å². The van der Waals surface area contributed by atoms with Crippen LogP contribution in [-0.4, -0.2) is 51.0 Å². The van der Waals surface area contributed by atoms with E-state index >= 15 is 0 Å². The van der Waals surface area contributed by atoms with Gasteiger partial charge in [0.15, 0.2) is 5.96 Å². The van der Waals surface area contributed by atoms with Gasteiger partial charge in [0.05, 0.1) is 35.8 Å². The second kappa shape index (κ2) is 10.9. The quantitative estimate of drug-likeness (QED) is 0.163. The number of aryl methyl sites for hydroxylation is 1. The van der Waals surface area contributed by atoms with Gasteiger partial charge < -0.3 is 19.8 Å². The van der Waals surface area contributed by atoms with Crippen molar-refractivity contribution in [2.45, 2.75) is 19.5 Å². The van der Waals surface area contributed by atoms with Gasteiger partial charge in [-0.2, -0.15) is 0 Å². The van der Waals surface area contributed by atoms with E-state index in [1.54, 1.807) is 7.05 Å². The van der Waals surface area contributed by atoms with Gasteiger partial charge in [0.25, 0.3) is 0 Å². The molecule has 0 aliphatic carbocycles. The number of halogens is 1. The van der Waals surface area contributed by atoms with Crippen LogP contribution < -0.4 is 5.32 Å². The zero-order valence-electron chi connectivity index (χ0n) is 17.8. The summed E-state index contributed by atoms with van der Waals surface area (Å²) < 4.78 is 2.19. The highest BCUT2D eigenvalue weighted by Gasteiger charge is 2.10. The molecule has 0 spiro atoms. The van der Waals surface area contributed by atoms with Crippen LogP contribution in [0.2, 0.25) is 0 Å². The third kappa shape index (κ3) is 5.63. The summed E-state index contributed by atoms with van der Waals surface area (Å²) in [7, 11) is 3.82. The number of nitrogens with one attached hydrogen (secondary N) is 2. The summed E-state index contributed by atoms with van der Waals surface area (Å²) in [5.41, 5.74) is 4.36. The third-order valence-corrected chi connectivity index (χ3v) is 5.06. The SMILES string of the molecule is CN=C(NCCCn1cnc2ccccc21)N(C)Cc1ncc(-c2ccccc2)[nH]1.I. The first kappa shape index (κ1) is 22.8. The van der Waals surface area contributed by atoms with Crippen molar-refractivity contribution in [1.82, 2.24) is 29.7 Å². The number of aliphatic imine (C=N–C) groups is 1. The molecule has 0 aliphatic rings. The molecule has 162 valence electrons. The van der Waals surface area contributed by atoms with Crippen LogP contribution in [0.25, 0.3) is 22.3 Å². The Kier molecular flexibility index (Phi) is 8.05. The molecule has 0 atom stereocenters. The van der Waals surface area contributed by atoms with Gasteiger partial charge in [-0.05, 0) is 24.1 Å². The van der Waals surface area contributed by atoms with Gasteiger partial charge in [-0.3, -0.25) is 4.99 Å². The zero-order valence-corrected chi connectivity index (χ0v) is 20.2. The first-order valence-electron chi connectivity index (χ1n) is 10.2. The minimum Gasteiger partial charge on any atom is -0.356 e. The summed E-state index contributed by atoms with van der Waals surface area (Å²) in [5, 5.41) is 3.44. The van der Waals surface area contributed by atoms with Gasteiger partial charge in [0.2, 0.25) is 0 Å². The molecule has 0 aliphatic heterocycles. The summed E-state index contributed by atoms with van der Waals surface area (Å²) >= 11 is 0. The van der Waals surface area contributed by atoms with E-state index in [-0.39, 0.29) is 24.0 Å². The maximum absolute atomic E-state index is 4.52. The number of aromatic amines is 1. The maximum Gasteiger partial charge on any atom is 0.193 e. The van der Waals surface area contributed by atoms with Crippen molar-refractivity contribution in [3.8, 4) is 11.3 Å². The Hall–Kier alpha value is -2.88. The zero-order chi connectivity index (χ0) is 20.8. The molecule has 0 radical (unpaired) electrons. The molecule has 0 saturated carbocycles. The summed E-state index contributed by atoms with van der Waals surface area (Å²) in [4.78, 5) is 18.8. The van der Waals surface area contributed by atoms with E-state index in [0.29, 0.717) is 6.54 Å². The van der Waals surface area contributed by atoms with Crippen LogP contribution in [-0.2, 0) is 13.1 Å². The van der Waals surface area contributed by atoms with Crippen LogP contribution in [0, 0.1) is 0 Å². The molecule has 2 aromatic carbocycles. The first-order valence-corrected chi connectivity index (χ1v) is 10.2. The lowest BCUT2D eigenvalue weighted by atomic mass is 10.2. The molecule has 0 saturated heterocycles. The number of guanidine groups is 1. The number of fused-ring (bicyclic) bond motifs is 1. The average molecular weight is 529 g/mol.